The van der Waals surface area contributed by atoms with Gasteiger partial charge in [-0.2, -0.15) is 0 Å². The Morgan fingerprint density at radius 2 is 1.65 bits per heavy atom. The highest BCUT2D eigenvalue weighted by atomic mass is 32.2. The molecule has 2 aliphatic carbocycles. The van der Waals surface area contributed by atoms with Gasteiger partial charge in [-0.3, -0.25) is 0 Å². The van der Waals surface area contributed by atoms with Crippen LogP contribution in [0.1, 0.15) is 92.9 Å². The molecule has 0 radical (unpaired) electrons. The number of fused-ring (bicyclic) bond motifs is 1. The lowest BCUT2D eigenvalue weighted by Gasteiger charge is -2.50. The Hall–Kier alpha value is -0.316. The second-order valence-electron chi connectivity index (χ2n) is 16.0. The Labute approximate surface area is 253 Å². The molecule has 3 rings (SSSR count). The highest BCUT2D eigenvalue weighted by Crippen LogP contribution is 2.60. The summed E-state index contributed by atoms with van der Waals surface area (Å²) in [6.45, 7) is 26.0. The Morgan fingerprint density at radius 3 is 2.27 bits per heavy atom. The second kappa shape index (κ2) is 13.5. The van der Waals surface area contributed by atoms with E-state index >= 15 is 0 Å². The SMILES string of the molecule is CC(C)(CCCC(CSOOc1ccccc1)C1CCC2[C@@H](O[Si](C)(C)C(C)(C)C)CCC[C@]12C)O[Si](C)(C)C. The van der Waals surface area contributed by atoms with E-state index in [2.05, 4.69) is 74.3 Å². The minimum absolute atomic E-state index is 0.0653. The maximum Gasteiger partial charge on any atom is 0.192 e. The molecule has 0 aliphatic heterocycles. The highest BCUT2D eigenvalue weighted by molar-refractivity contribution is 7.94. The van der Waals surface area contributed by atoms with E-state index < -0.39 is 16.6 Å². The molecule has 2 aliphatic rings. The second-order valence-corrected chi connectivity index (χ2v) is 25.9. The Morgan fingerprint density at radius 1 is 0.975 bits per heavy atom. The molecule has 230 valence electrons. The van der Waals surface area contributed by atoms with Crippen LogP contribution in [0.25, 0.3) is 0 Å². The summed E-state index contributed by atoms with van der Waals surface area (Å²) in [4.78, 5) is 5.60. The molecule has 0 bridgehead atoms. The first-order valence-electron chi connectivity index (χ1n) is 15.8. The zero-order valence-corrected chi connectivity index (χ0v) is 30.4. The maximum absolute atomic E-state index is 7.15. The first-order chi connectivity index (χ1) is 18.4. The van der Waals surface area contributed by atoms with Gasteiger partial charge in [-0.15, -0.1) is 4.33 Å². The van der Waals surface area contributed by atoms with Gasteiger partial charge in [0.15, 0.2) is 22.4 Å². The fraction of sp³-hybridized carbons (Fsp3) is 0.818. The van der Waals surface area contributed by atoms with Gasteiger partial charge in [0.25, 0.3) is 0 Å². The van der Waals surface area contributed by atoms with Crippen molar-refractivity contribution in [2.24, 2.45) is 23.2 Å². The first kappa shape index (κ1) is 34.2. The van der Waals surface area contributed by atoms with Gasteiger partial charge in [0.2, 0.25) is 0 Å². The van der Waals surface area contributed by atoms with Crippen molar-refractivity contribution in [3.05, 3.63) is 30.3 Å². The van der Waals surface area contributed by atoms with E-state index in [0.717, 1.165) is 17.9 Å². The zero-order valence-electron chi connectivity index (χ0n) is 27.6. The molecule has 0 spiro atoms. The normalized spacial score (nSPS) is 26.9. The van der Waals surface area contributed by atoms with E-state index in [9.17, 15) is 0 Å². The van der Waals surface area contributed by atoms with Crippen molar-refractivity contribution in [1.29, 1.82) is 0 Å². The number of hydrogen-bond acceptors (Lipinski definition) is 5. The third-order valence-corrected chi connectivity index (χ3v) is 16.5. The zero-order chi connectivity index (χ0) is 29.8. The summed E-state index contributed by atoms with van der Waals surface area (Å²) in [7, 11) is -3.39. The molecular weight excluding hydrogens is 549 g/mol. The van der Waals surface area contributed by atoms with Crippen LogP contribution in [0.3, 0.4) is 0 Å². The Balaban J connectivity index is 1.70. The van der Waals surface area contributed by atoms with Crippen molar-refractivity contribution in [3.8, 4) is 5.75 Å². The summed E-state index contributed by atoms with van der Waals surface area (Å²) >= 11 is 1.49. The molecule has 1 aromatic rings. The average Bonchev–Trinajstić information content (AvgIpc) is 3.16. The molecule has 7 heteroatoms. The molecule has 0 heterocycles. The fourth-order valence-corrected chi connectivity index (χ4v) is 11.3. The Kier molecular flexibility index (Phi) is 11.6. The predicted molar refractivity (Wildman–Crippen MR) is 177 cm³/mol. The molecule has 2 saturated carbocycles. The number of rotatable bonds is 14. The molecular formula is C33H60O4SSi2. The van der Waals surface area contributed by atoms with Crippen molar-refractivity contribution >= 4 is 28.7 Å². The van der Waals surface area contributed by atoms with Crippen LogP contribution in [-0.4, -0.2) is 34.1 Å². The quantitative estimate of drug-likeness (QED) is 0.0690. The molecule has 0 aromatic heterocycles. The summed E-state index contributed by atoms with van der Waals surface area (Å²) in [5, 5.41) is 0.249. The van der Waals surface area contributed by atoms with Gasteiger partial charge < -0.3 is 13.7 Å². The van der Waals surface area contributed by atoms with Crippen molar-refractivity contribution in [1.82, 2.24) is 0 Å². The van der Waals surface area contributed by atoms with E-state index in [-0.39, 0.29) is 10.6 Å². The third kappa shape index (κ3) is 9.34. The molecule has 1 aromatic carbocycles. The summed E-state index contributed by atoms with van der Waals surface area (Å²) in [6.07, 6.45) is 10.4. The van der Waals surface area contributed by atoms with Crippen molar-refractivity contribution in [2.45, 2.75) is 142 Å². The van der Waals surface area contributed by atoms with Crippen LogP contribution in [0, 0.1) is 23.2 Å². The van der Waals surface area contributed by atoms with Crippen LogP contribution in [-0.2, 0) is 13.2 Å². The lowest BCUT2D eigenvalue weighted by atomic mass is 9.61. The van der Waals surface area contributed by atoms with Crippen molar-refractivity contribution in [3.63, 3.8) is 0 Å². The molecule has 5 atom stereocenters. The Bertz CT molecular complexity index is 911. The number of hydrogen-bond donors (Lipinski definition) is 0. The van der Waals surface area contributed by atoms with Crippen LogP contribution < -0.4 is 4.89 Å². The van der Waals surface area contributed by atoms with Gasteiger partial charge >= 0.3 is 0 Å². The average molecular weight is 609 g/mol. The van der Waals surface area contributed by atoms with Crippen molar-refractivity contribution < 1.29 is 18.1 Å². The third-order valence-electron chi connectivity index (χ3n) is 10.1. The van der Waals surface area contributed by atoms with Gasteiger partial charge in [-0.05, 0) is 125 Å². The molecule has 4 nitrogen and oxygen atoms in total. The predicted octanol–water partition coefficient (Wildman–Crippen LogP) is 10.7. The minimum atomic E-state index is -1.81. The van der Waals surface area contributed by atoms with Crippen molar-refractivity contribution in [2.75, 3.05) is 5.75 Å². The number of benzene rings is 1. The van der Waals surface area contributed by atoms with Crippen LogP contribution in [0.5, 0.6) is 5.75 Å². The van der Waals surface area contributed by atoms with Crippen LogP contribution in [0.2, 0.25) is 37.8 Å². The van der Waals surface area contributed by atoms with Gasteiger partial charge in [0.1, 0.15) is 0 Å². The fourth-order valence-electron chi connectivity index (χ4n) is 7.36. The smallest absolute Gasteiger partial charge is 0.192 e. The molecule has 2 fully saturated rings. The number of para-hydroxylation sites is 1. The molecule has 0 amide bonds. The lowest BCUT2D eigenvalue weighted by Crippen LogP contribution is -2.50. The van der Waals surface area contributed by atoms with E-state index in [1.807, 2.05) is 30.3 Å². The van der Waals surface area contributed by atoms with Crippen LogP contribution >= 0.6 is 12.0 Å². The molecule has 0 N–H and O–H groups in total. The van der Waals surface area contributed by atoms with Gasteiger partial charge in [-0.1, -0.05) is 58.7 Å². The summed E-state index contributed by atoms with van der Waals surface area (Å²) in [5.74, 6) is 3.66. The van der Waals surface area contributed by atoms with Crippen LogP contribution in [0.4, 0.5) is 0 Å². The summed E-state index contributed by atoms with van der Waals surface area (Å²) in [5.41, 5.74) is 0.269. The van der Waals surface area contributed by atoms with Gasteiger partial charge in [-0.25, -0.2) is 0 Å². The minimum Gasteiger partial charge on any atom is -0.414 e. The monoisotopic (exact) mass is 608 g/mol. The summed E-state index contributed by atoms with van der Waals surface area (Å²) < 4.78 is 19.4. The molecule has 0 saturated heterocycles. The van der Waals surface area contributed by atoms with Crippen LogP contribution in [0.15, 0.2) is 30.3 Å². The topological polar surface area (TPSA) is 36.9 Å². The molecule has 3 unspecified atom stereocenters. The first-order valence-corrected chi connectivity index (χ1v) is 23.1. The van der Waals surface area contributed by atoms with Gasteiger partial charge in [0.05, 0.1) is 5.60 Å². The van der Waals surface area contributed by atoms with E-state index in [1.165, 1.54) is 57.0 Å². The van der Waals surface area contributed by atoms with E-state index in [1.54, 1.807) is 0 Å². The largest absolute Gasteiger partial charge is 0.414 e. The maximum atomic E-state index is 7.15. The van der Waals surface area contributed by atoms with E-state index in [0.29, 0.717) is 29.3 Å². The highest BCUT2D eigenvalue weighted by Gasteiger charge is 2.55. The lowest BCUT2D eigenvalue weighted by molar-refractivity contribution is -0.0785. The summed E-state index contributed by atoms with van der Waals surface area (Å²) in [6, 6.07) is 9.81. The standard InChI is InChI=1S/C33H60O4SSi2/c1-31(2,3)40(10,11)35-30-20-16-24-33(6)28(21-22-29(30)33)26(17-15-23-32(4,5)36-39(7,8)9)25-38-37-34-27-18-13-12-14-19-27/h12-14,18-19,26,28-30H,15-17,20-25H2,1-11H3/t26?,28?,29?,30-,33+/m0/s1. The van der Waals surface area contributed by atoms with E-state index in [4.69, 9.17) is 18.1 Å². The molecule has 40 heavy (non-hydrogen) atoms. The van der Waals surface area contributed by atoms with Gasteiger partial charge in [0, 0.05) is 23.9 Å².